The molecule has 0 saturated carbocycles. The second kappa shape index (κ2) is 15.6. The fraction of sp³-hybridized carbons (Fsp3) is 0.588. The molecule has 0 saturated heterocycles. The van der Waals surface area contributed by atoms with Gasteiger partial charge in [-0.05, 0) is 62.6 Å². The maximum atomic E-state index is 13.9. The van der Waals surface area contributed by atoms with Crippen molar-refractivity contribution in [2.75, 3.05) is 57.9 Å². The molecule has 14 nitrogen and oxygen atoms in total. The summed E-state index contributed by atoms with van der Waals surface area (Å²) in [6.07, 6.45) is 3.43. The lowest BCUT2D eigenvalue weighted by molar-refractivity contribution is -0.136. The van der Waals surface area contributed by atoms with Gasteiger partial charge in [0, 0.05) is 75.7 Å². The fourth-order valence-corrected chi connectivity index (χ4v) is 6.43. The van der Waals surface area contributed by atoms with Crippen LogP contribution in [0.25, 0.3) is 0 Å². The Morgan fingerprint density at radius 2 is 1.92 bits per heavy atom. The van der Waals surface area contributed by atoms with Crippen molar-refractivity contribution < 1.29 is 33.8 Å². The Bertz CT molecular complexity index is 1540. The van der Waals surface area contributed by atoms with E-state index in [1.165, 1.54) is 9.80 Å². The van der Waals surface area contributed by atoms with Crippen LogP contribution in [-0.4, -0.2) is 113 Å². The van der Waals surface area contributed by atoms with Gasteiger partial charge in [0.25, 0.3) is 17.7 Å². The van der Waals surface area contributed by atoms with Gasteiger partial charge >= 0.3 is 0 Å². The van der Waals surface area contributed by atoms with Gasteiger partial charge in [0.1, 0.15) is 5.75 Å². The number of ether oxygens (including phenoxy) is 1. The molecule has 3 heterocycles. The van der Waals surface area contributed by atoms with E-state index in [0.717, 1.165) is 17.7 Å². The summed E-state index contributed by atoms with van der Waals surface area (Å²) in [6.45, 7) is 5.40. The molecule has 1 atom stereocenters. The van der Waals surface area contributed by atoms with Crippen LogP contribution in [0.2, 0.25) is 0 Å². The quantitative estimate of drug-likeness (QED) is 0.396. The molecular formula is C34H47N7O7. The van der Waals surface area contributed by atoms with Crippen LogP contribution in [0.1, 0.15) is 78.1 Å². The zero-order valence-electron chi connectivity index (χ0n) is 28.1. The molecule has 0 spiro atoms. The number of hydrogen-bond acceptors (Lipinski definition) is 8. The summed E-state index contributed by atoms with van der Waals surface area (Å²) in [4.78, 5) is 70.7. The minimum Gasteiger partial charge on any atom is -0.482 e. The van der Waals surface area contributed by atoms with E-state index in [2.05, 4.69) is 24.5 Å². The maximum absolute atomic E-state index is 13.9. The molecule has 48 heavy (non-hydrogen) atoms. The number of likely N-dealkylation sites (N-methyl/N-ethyl adjacent to an activating group) is 1. The molecule has 3 N–H and O–H groups in total. The van der Waals surface area contributed by atoms with Gasteiger partial charge in [-0.2, -0.15) is 5.10 Å². The lowest BCUT2D eigenvalue weighted by atomic mass is 9.91. The van der Waals surface area contributed by atoms with Crippen molar-refractivity contribution >= 4 is 35.2 Å². The molecule has 0 fully saturated rings. The first kappa shape index (κ1) is 34.9. The van der Waals surface area contributed by atoms with Gasteiger partial charge in [0.15, 0.2) is 12.3 Å². The highest BCUT2D eigenvalue weighted by atomic mass is 16.5. The normalized spacial score (nSPS) is 19.4. The van der Waals surface area contributed by atoms with Crippen molar-refractivity contribution in [1.82, 2.24) is 30.2 Å². The van der Waals surface area contributed by atoms with Gasteiger partial charge < -0.3 is 35.2 Å². The number of rotatable bonds is 7. The summed E-state index contributed by atoms with van der Waals surface area (Å²) in [5.41, 5.74) is 2.97. The summed E-state index contributed by atoms with van der Waals surface area (Å²) in [5.74, 6) is -0.467. The zero-order chi connectivity index (χ0) is 34.4. The number of fused-ring (bicyclic) bond motifs is 2. The van der Waals surface area contributed by atoms with Crippen molar-refractivity contribution in [2.45, 2.75) is 71.4 Å². The van der Waals surface area contributed by atoms with Crippen LogP contribution in [0.3, 0.4) is 0 Å². The van der Waals surface area contributed by atoms with Crippen LogP contribution in [0.5, 0.6) is 5.75 Å². The molecule has 1 aliphatic carbocycles. The molecule has 1 aromatic carbocycles. The van der Waals surface area contributed by atoms with Crippen molar-refractivity contribution in [1.29, 1.82) is 0 Å². The topological polar surface area (TPSA) is 166 Å². The van der Waals surface area contributed by atoms with E-state index >= 15 is 0 Å². The number of benzene rings is 1. The molecule has 1 aromatic heterocycles. The molecule has 1 unspecified atom stereocenters. The lowest BCUT2D eigenvalue weighted by Crippen LogP contribution is -2.46. The molecule has 2 bridgehead atoms. The van der Waals surface area contributed by atoms with E-state index in [-0.39, 0.29) is 87.9 Å². The Labute approximate surface area is 280 Å². The highest BCUT2D eigenvalue weighted by molar-refractivity contribution is 6.01. The maximum Gasteiger partial charge on any atom is 0.272 e. The Morgan fingerprint density at radius 3 is 2.69 bits per heavy atom. The summed E-state index contributed by atoms with van der Waals surface area (Å²) in [7, 11) is 1.63. The van der Waals surface area contributed by atoms with Crippen LogP contribution < -0.4 is 20.3 Å². The first-order valence-electron chi connectivity index (χ1n) is 16.9. The highest BCUT2D eigenvalue weighted by Crippen LogP contribution is 2.32. The first-order chi connectivity index (χ1) is 23.0. The van der Waals surface area contributed by atoms with Crippen molar-refractivity contribution in [3.8, 4) is 5.75 Å². The standard InChI is InChI=1S/C34H47N7O7/c1-22(2)11-15-41-26-9-8-24-19-25(26)32(37-41)33(46)35-12-16-39(13-4-6-30(44)40(14-5-17-42)20-29(43)36-24)34(47)23-7-10-28-27(18-23)38(3)31(45)21-48-28/h7,10,18,22,24,42H,4-6,8-9,11-17,19-21H2,1-3H3,(H,35,46)(H,36,43). The fourth-order valence-electron chi connectivity index (χ4n) is 6.43. The van der Waals surface area contributed by atoms with E-state index in [0.29, 0.717) is 67.3 Å². The number of amides is 5. The molecule has 0 radical (unpaired) electrons. The van der Waals surface area contributed by atoms with Gasteiger partial charge in [-0.15, -0.1) is 0 Å². The van der Waals surface area contributed by atoms with Crippen LogP contribution in [0.4, 0.5) is 5.69 Å². The van der Waals surface area contributed by atoms with Gasteiger partial charge in [0.05, 0.1) is 12.2 Å². The van der Waals surface area contributed by atoms with Crippen molar-refractivity contribution in [3.05, 3.63) is 40.7 Å². The number of hydrogen-bond donors (Lipinski definition) is 3. The van der Waals surface area contributed by atoms with Crippen LogP contribution in [-0.2, 0) is 33.8 Å². The molecular weight excluding hydrogens is 618 g/mol. The number of nitrogens with zero attached hydrogens (tertiary/aromatic N) is 5. The zero-order valence-corrected chi connectivity index (χ0v) is 28.1. The number of aliphatic hydroxyl groups is 1. The average Bonchev–Trinajstić information content (AvgIpc) is 3.43. The second-order valence-corrected chi connectivity index (χ2v) is 13.2. The summed E-state index contributed by atoms with van der Waals surface area (Å²) in [6, 6.07) is 4.70. The molecule has 2 aliphatic heterocycles. The Hall–Kier alpha value is -4.46. The minimum absolute atomic E-state index is 0.0759. The predicted molar refractivity (Wildman–Crippen MR) is 177 cm³/mol. The predicted octanol–water partition coefficient (Wildman–Crippen LogP) is 1.13. The molecule has 14 heteroatoms. The molecule has 2 aromatic rings. The Morgan fingerprint density at radius 1 is 1.10 bits per heavy atom. The van der Waals surface area contributed by atoms with E-state index in [1.54, 1.807) is 30.1 Å². The molecule has 5 amide bonds. The lowest BCUT2D eigenvalue weighted by Gasteiger charge is -2.28. The van der Waals surface area contributed by atoms with Crippen LogP contribution >= 0.6 is 0 Å². The molecule has 260 valence electrons. The van der Waals surface area contributed by atoms with Gasteiger partial charge in [-0.1, -0.05) is 13.8 Å². The molecule has 3 aliphatic rings. The third-order valence-corrected chi connectivity index (χ3v) is 9.18. The highest BCUT2D eigenvalue weighted by Gasteiger charge is 2.31. The number of anilines is 1. The third kappa shape index (κ3) is 8.15. The SMILES string of the molecule is CC(C)CCn1nc2c3c1CCC(C3)NC(=O)CN(CCCO)C(=O)CCCN(C(=O)c1ccc3c(c1)N(C)C(=O)CO3)CCNC2=O. The summed E-state index contributed by atoms with van der Waals surface area (Å²) in [5, 5.41) is 20.2. The Kier molecular flexibility index (Phi) is 11.3. The summed E-state index contributed by atoms with van der Waals surface area (Å²) < 4.78 is 7.44. The van der Waals surface area contributed by atoms with Gasteiger partial charge in [-0.25, -0.2) is 0 Å². The van der Waals surface area contributed by atoms with E-state index in [1.807, 2.05) is 4.68 Å². The van der Waals surface area contributed by atoms with E-state index in [9.17, 15) is 29.1 Å². The van der Waals surface area contributed by atoms with E-state index < -0.39 is 0 Å². The largest absolute Gasteiger partial charge is 0.482 e. The van der Waals surface area contributed by atoms with Crippen LogP contribution in [0.15, 0.2) is 18.2 Å². The third-order valence-electron chi connectivity index (χ3n) is 9.18. The van der Waals surface area contributed by atoms with Gasteiger partial charge in [-0.3, -0.25) is 28.7 Å². The van der Waals surface area contributed by atoms with Crippen molar-refractivity contribution in [2.24, 2.45) is 5.92 Å². The second-order valence-electron chi connectivity index (χ2n) is 13.2. The van der Waals surface area contributed by atoms with Crippen molar-refractivity contribution in [3.63, 3.8) is 0 Å². The number of nitrogens with one attached hydrogen (secondary N) is 2. The van der Waals surface area contributed by atoms with E-state index in [4.69, 9.17) is 9.84 Å². The average molecular weight is 666 g/mol. The summed E-state index contributed by atoms with van der Waals surface area (Å²) >= 11 is 0. The van der Waals surface area contributed by atoms with Gasteiger partial charge in [0.2, 0.25) is 11.8 Å². The smallest absolute Gasteiger partial charge is 0.272 e. The number of carbonyl (C=O) groups is 5. The first-order valence-corrected chi connectivity index (χ1v) is 16.9. The Balaban J connectivity index is 1.41. The number of aromatic nitrogens is 2. The molecule has 5 rings (SSSR count). The number of aryl methyl sites for hydroxylation is 1. The number of aliphatic hydroxyl groups excluding tert-OH is 1. The number of carbonyl (C=O) groups excluding carboxylic acids is 5. The minimum atomic E-state index is -0.338. The monoisotopic (exact) mass is 665 g/mol. The van der Waals surface area contributed by atoms with Crippen LogP contribution in [0, 0.1) is 5.92 Å².